The smallest absolute Gasteiger partial charge is 0.161 e. The predicted octanol–water partition coefficient (Wildman–Crippen LogP) is 3.03. The van der Waals surface area contributed by atoms with E-state index in [-0.39, 0.29) is 0 Å². The maximum absolute atomic E-state index is 10.4. The van der Waals surface area contributed by atoms with Crippen molar-refractivity contribution in [2.24, 2.45) is 0 Å². The molecule has 2 aromatic rings. The molecule has 0 unspecified atom stereocenters. The zero-order valence-corrected chi connectivity index (χ0v) is 14.1. The van der Waals surface area contributed by atoms with Crippen molar-refractivity contribution in [2.45, 2.75) is 0 Å². The van der Waals surface area contributed by atoms with Crippen molar-refractivity contribution < 1.29 is 28.5 Å². The number of hydrogen-bond donors (Lipinski definition) is 0. The summed E-state index contributed by atoms with van der Waals surface area (Å²) in [4.78, 5) is 20.8. The first-order valence-electron chi connectivity index (χ1n) is 6.97. The number of aldehydes is 2. The average Bonchev–Trinajstić information content (AvgIpc) is 2.67. The van der Waals surface area contributed by atoms with Gasteiger partial charge in [0.15, 0.2) is 23.0 Å². The molecule has 0 aliphatic carbocycles. The Morgan fingerprint density at radius 3 is 1.17 bits per heavy atom. The minimum absolute atomic E-state index is 0.571. The Hall–Kier alpha value is -3.02. The van der Waals surface area contributed by atoms with Crippen molar-refractivity contribution in [2.75, 3.05) is 28.4 Å². The zero-order chi connectivity index (χ0) is 17.9. The van der Waals surface area contributed by atoms with Gasteiger partial charge in [-0.05, 0) is 36.4 Å². The summed E-state index contributed by atoms with van der Waals surface area (Å²) in [5, 5.41) is 0. The highest BCUT2D eigenvalue weighted by Crippen LogP contribution is 2.27. The van der Waals surface area contributed by atoms with Gasteiger partial charge in [-0.15, -0.1) is 0 Å². The summed E-state index contributed by atoms with van der Waals surface area (Å²) in [5.41, 5.74) is 1.15. The van der Waals surface area contributed by atoms with Crippen molar-refractivity contribution in [3.63, 3.8) is 0 Å². The second-order valence-electron chi connectivity index (χ2n) is 4.46. The van der Waals surface area contributed by atoms with Crippen LogP contribution in [0.5, 0.6) is 23.0 Å². The quantitative estimate of drug-likeness (QED) is 0.756. The molecule has 0 aromatic heterocycles. The topological polar surface area (TPSA) is 71.1 Å². The first kappa shape index (κ1) is 19.0. The maximum atomic E-state index is 10.4. The number of carbonyl (C=O) groups excluding carboxylic acids is 2. The van der Waals surface area contributed by atoms with Gasteiger partial charge < -0.3 is 18.9 Å². The third kappa shape index (κ3) is 5.01. The van der Waals surface area contributed by atoms with E-state index in [4.69, 9.17) is 18.9 Å². The van der Waals surface area contributed by atoms with Gasteiger partial charge in [0.1, 0.15) is 12.6 Å². The molecule has 0 amide bonds. The van der Waals surface area contributed by atoms with Crippen LogP contribution in [0.3, 0.4) is 0 Å². The van der Waals surface area contributed by atoms with Crippen LogP contribution in [-0.2, 0) is 0 Å². The van der Waals surface area contributed by atoms with Crippen molar-refractivity contribution in [1.82, 2.24) is 0 Å². The van der Waals surface area contributed by atoms with Crippen LogP contribution < -0.4 is 18.9 Å². The van der Waals surface area contributed by atoms with Gasteiger partial charge in [-0.25, -0.2) is 0 Å². The Bertz CT molecular complexity index is 622. The summed E-state index contributed by atoms with van der Waals surface area (Å²) >= 11 is 0. The molecule has 0 heterocycles. The maximum Gasteiger partial charge on any atom is 0.161 e. The molecule has 2 aromatic carbocycles. The molecule has 6 nitrogen and oxygen atoms in total. The van der Waals surface area contributed by atoms with E-state index in [1.165, 1.54) is 14.2 Å². The third-order valence-corrected chi connectivity index (χ3v) is 3.09. The fraction of sp³-hybridized carbons (Fsp3) is 0.222. The summed E-state index contributed by atoms with van der Waals surface area (Å²) in [7, 11) is 6.18. The van der Waals surface area contributed by atoms with Gasteiger partial charge >= 0.3 is 0 Å². The van der Waals surface area contributed by atoms with Crippen LogP contribution in [0.25, 0.3) is 0 Å². The fourth-order valence-electron chi connectivity index (χ4n) is 1.85. The zero-order valence-electron chi connectivity index (χ0n) is 14.1. The lowest BCUT2D eigenvalue weighted by atomic mass is 10.3. The number of rotatable bonds is 6. The molecule has 0 atom stereocenters. The van der Waals surface area contributed by atoms with Gasteiger partial charge in [-0.1, -0.05) is 0 Å². The summed E-state index contributed by atoms with van der Waals surface area (Å²) in [5.74, 6) is 2.40. The number of carbonyl (C=O) groups is 2. The monoisotopic (exact) mass is 334 g/mol. The summed E-state index contributed by atoms with van der Waals surface area (Å²) in [6, 6.07) is 10.0. The highest BCUT2D eigenvalue weighted by Gasteiger charge is 2.03. The minimum atomic E-state index is 0.571. The molecule has 0 saturated heterocycles. The number of hydrogen-bond acceptors (Lipinski definition) is 6. The molecule has 0 radical (unpaired) electrons. The van der Waals surface area contributed by atoms with E-state index in [1.807, 2.05) is 0 Å². The molecule has 0 spiro atoms. The Labute approximate surface area is 140 Å². The number of ether oxygens (including phenoxy) is 4. The first-order chi connectivity index (χ1) is 11.6. The van der Waals surface area contributed by atoms with Crippen molar-refractivity contribution in [3.8, 4) is 23.0 Å². The van der Waals surface area contributed by atoms with E-state index >= 15 is 0 Å². The minimum Gasteiger partial charge on any atom is -0.493 e. The Balaban J connectivity index is 0.000000240. The Morgan fingerprint density at radius 1 is 0.583 bits per heavy atom. The van der Waals surface area contributed by atoms with E-state index in [1.54, 1.807) is 50.6 Å². The highest BCUT2D eigenvalue weighted by molar-refractivity contribution is 5.76. The van der Waals surface area contributed by atoms with Crippen LogP contribution in [0, 0.1) is 0 Å². The van der Waals surface area contributed by atoms with E-state index < -0.39 is 0 Å². The highest BCUT2D eigenvalue weighted by atomic mass is 16.6. The van der Waals surface area contributed by atoms with E-state index in [9.17, 15) is 9.59 Å². The summed E-state index contributed by atoms with van der Waals surface area (Å²) in [6.45, 7) is 0. The molecule has 2 rings (SSSR count). The van der Waals surface area contributed by atoms with Crippen molar-refractivity contribution >= 4 is 12.6 Å². The van der Waals surface area contributed by atoms with Gasteiger partial charge in [0.2, 0.25) is 0 Å². The van der Waals surface area contributed by atoms with Gasteiger partial charge in [0.25, 0.3) is 0 Å². The standard InChI is InChI=1S/2C9H10O3/c2*1-11-8-4-3-7(6-10)5-9(8)12-2/h2*3-6H,1-2H3/i9+1;8+1. The molecule has 0 aliphatic heterocycles. The Morgan fingerprint density at radius 2 is 0.917 bits per heavy atom. The molecule has 128 valence electrons. The first-order valence-corrected chi connectivity index (χ1v) is 6.97. The lowest BCUT2D eigenvalue weighted by molar-refractivity contribution is 0.111. The van der Waals surface area contributed by atoms with Gasteiger partial charge in [-0.2, -0.15) is 0 Å². The molecule has 0 aliphatic rings. The van der Waals surface area contributed by atoms with Crippen LogP contribution in [-0.4, -0.2) is 41.0 Å². The summed E-state index contributed by atoms with van der Waals surface area (Å²) in [6.07, 6.45) is 1.53. The van der Waals surface area contributed by atoms with Crippen molar-refractivity contribution in [3.05, 3.63) is 47.5 Å². The SMILES string of the molecule is COc1cc(C=O)cc[13c]1OC.COc1ccc(C=O)c[13c]1OC. The summed E-state index contributed by atoms with van der Waals surface area (Å²) < 4.78 is 20.0. The normalized spacial score (nSPS) is 9.17. The molecule has 0 N–H and O–H groups in total. The molecule has 24 heavy (non-hydrogen) atoms. The molecular weight excluding hydrogens is 314 g/mol. The van der Waals surface area contributed by atoms with Gasteiger partial charge in [0.05, 0.1) is 28.4 Å². The van der Waals surface area contributed by atoms with Gasteiger partial charge in [0, 0.05) is 11.1 Å². The van der Waals surface area contributed by atoms with Gasteiger partial charge in [-0.3, -0.25) is 9.59 Å². The van der Waals surface area contributed by atoms with Crippen LogP contribution >= 0.6 is 0 Å². The van der Waals surface area contributed by atoms with E-state index in [2.05, 4.69) is 0 Å². The van der Waals surface area contributed by atoms with Crippen LogP contribution in [0.1, 0.15) is 20.7 Å². The lowest BCUT2D eigenvalue weighted by Crippen LogP contribution is -1.91. The second kappa shape index (κ2) is 9.89. The largest absolute Gasteiger partial charge is 0.493 e. The van der Waals surface area contributed by atoms with Crippen molar-refractivity contribution in [1.29, 1.82) is 0 Å². The lowest BCUT2D eigenvalue weighted by Gasteiger charge is -2.06. The molecule has 0 fully saturated rings. The predicted molar refractivity (Wildman–Crippen MR) is 89.9 cm³/mol. The third-order valence-electron chi connectivity index (χ3n) is 3.09. The fourth-order valence-corrected chi connectivity index (χ4v) is 1.85. The van der Waals surface area contributed by atoms with Crippen LogP contribution in [0.2, 0.25) is 0 Å². The molecular formula is C18H20O6. The van der Waals surface area contributed by atoms with E-state index in [0.717, 1.165) is 12.6 Å². The molecule has 6 heteroatoms. The van der Waals surface area contributed by atoms with E-state index in [0.29, 0.717) is 34.1 Å². The molecule has 0 bridgehead atoms. The molecule has 0 saturated carbocycles. The second-order valence-corrected chi connectivity index (χ2v) is 4.46. The number of methoxy groups -OCH3 is 4. The average molecular weight is 334 g/mol. The number of benzene rings is 2. The Kier molecular flexibility index (Phi) is 7.84. The van der Waals surface area contributed by atoms with Crippen LogP contribution in [0.15, 0.2) is 36.4 Å². The van der Waals surface area contributed by atoms with Crippen LogP contribution in [0.4, 0.5) is 0 Å².